The molecule has 0 heterocycles. The van der Waals surface area contributed by atoms with Crippen molar-refractivity contribution in [2.45, 2.75) is 12.8 Å². The smallest absolute Gasteiger partial charge is 0.309 e. The predicted molar refractivity (Wildman–Crippen MR) is 60.3 cm³/mol. The number of halogens is 5. The van der Waals surface area contributed by atoms with E-state index in [4.69, 9.17) is 0 Å². The topological polar surface area (TPSA) is 26.3 Å². The minimum atomic E-state index is -2.23. The summed E-state index contributed by atoms with van der Waals surface area (Å²) >= 11 is 0. The van der Waals surface area contributed by atoms with E-state index in [2.05, 4.69) is 11.3 Å². The summed E-state index contributed by atoms with van der Waals surface area (Å²) in [4.78, 5) is 11.4. The molecular weight excluding hydrogens is 283 g/mol. The quantitative estimate of drug-likeness (QED) is 0.274. The van der Waals surface area contributed by atoms with Crippen molar-refractivity contribution in [1.29, 1.82) is 0 Å². The zero-order chi connectivity index (χ0) is 15.4. The lowest BCUT2D eigenvalue weighted by Gasteiger charge is -2.14. The Labute approximate surface area is 111 Å². The highest BCUT2D eigenvalue weighted by atomic mass is 19.2. The molecule has 1 aromatic carbocycles. The normalized spacial score (nSPS) is 12.1. The lowest BCUT2D eigenvalue weighted by molar-refractivity contribution is -0.145. The van der Waals surface area contributed by atoms with Gasteiger partial charge in [-0.3, -0.25) is 4.79 Å². The molecule has 7 heteroatoms. The number of carbonyl (C=O) groups excluding carboxylic acids is 1. The van der Waals surface area contributed by atoms with Gasteiger partial charge in [-0.2, -0.15) is 0 Å². The average molecular weight is 294 g/mol. The third-order valence-electron chi connectivity index (χ3n) is 2.74. The number of carbonyl (C=O) groups is 1. The summed E-state index contributed by atoms with van der Waals surface area (Å²) in [7, 11) is 1.05. The van der Waals surface area contributed by atoms with Crippen LogP contribution in [0.25, 0.3) is 0 Å². The van der Waals surface area contributed by atoms with E-state index >= 15 is 0 Å². The van der Waals surface area contributed by atoms with Crippen LogP contribution in [-0.4, -0.2) is 13.1 Å². The minimum absolute atomic E-state index is 0.0217. The van der Waals surface area contributed by atoms with Crippen molar-refractivity contribution in [3.8, 4) is 0 Å². The molecule has 110 valence electrons. The Morgan fingerprint density at radius 3 is 1.95 bits per heavy atom. The number of hydrogen-bond donors (Lipinski definition) is 0. The standard InChI is InChI=1S/C13H11F5O2/c1-3-4-6(13(19)20-2)5-7-8(14)10(16)12(18)11(17)9(7)15/h3,6H,1,4-5H2,2H3. The molecule has 0 aliphatic carbocycles. The van der Waals surface area contributed by atoms with Crippen molar-refractivity contribution in [2.24, 2.45) is 5.92 Å². The third-order valence-corrected chi connectivity index (χ3v) is 2.74. The molecule has 0 saturated heterocycles. The molecule has 1 atom stereocenters. The Bertz CT molecular complexity index is 513. The number of esters is 1. The Kier molecular flexibility index (Phi) is 5.24. The Balaban J connectivity index is 3.26. The van der Waals surface area contributed by atoms with Crippen LogP contribution in [0.3, 0.4) is 0 Å². The van der Waals surface area contributed by atoms with Crippen LogP contribution in [0.1, 0.15) is 12.0 Å². The van der Waals surface area contributed by atoms with Crippen LogP contribution >= 0.6 is 0 Å². The van der Waals surface area contributed by atoms with Gasteiger partial charge < -0.3 is 4.74 Å². The largest absolute Gasteiger partial charge is 0.469 e. The van der Waals surface area contributed by atoms with Gasteiger partial charge in [0.05, 0.1) is 13.0 Å². The van der Waals surface area contributed by atoms with Crippen LogP contribution in [0, 0.1) is 35.0 Å². The van der Waals surface area contributed by atoms with E-state index in [1.807, 2.05) is 0 Å². The maximum absolute atomic E-state index is 13.5. The fraction of sp³-hybridized carbons (Fsp3) is 0.308. The average Bonchev–Trinajstić information content (AvgIpc) is 2.45. The van der Waals surface area contributed by atoms with Gasteiger partial charge >= 0.3 is 5.97 Å². The summed E-state index contributed by atoms with van der Waals surface area (Å²) in [5, 5.41) is 0. The van der Waals surface area contributed by atoms with Crippen LogP contribution in [0.2, 0.25) is 0 Å². The molecule has 20 heavy (non-hydrogen) atoms. The fourth-order valence-electron chi connectivity index (χ4n) is 1.71. The first-order valence-corrected chi connectivity index (χ1v) is 5.54. The number of ether oxygens (including phenoxy) is 1. The molecule has 1 aromatic rings. The molecule has 0 aliphatic rings. The van der Waals surface area contributed by atoms with Crippen molar-refractivity contribution < 1.29 is 31.5 Å². The molecule has 0 N–H and O–H groups in total. The summed E-state index contributed by atoms with van der Waals surface area (Å²) in [5.41, 5.74) is -1.04. The molecule has 0 aliphatic heterocycles. The van der Waals surface area contributed by atoms with Crippen molar-refractivity contribution in [3.63, 3.8) is 0 Å². The highest BCUT2D eigenvalue weighted by Crippen LogP contribution is 2.26. The molecule has 2 nitrogen and oxygen atoms in total. The highest BCUT2D eigenvalue weighted by Gasteiger charge is 2.29. The number of allylic oxidation sites excluding steroid dienone is 1. The molecule has 0 aromatic heterocycles. The van der Waals surface area contributed by atoms with Gasteiger partial charge in [0.2, 0.25) is 5.82 Å². The van der Waals surface area contributed by atoms with E-state index in [0.717, 1.165) is 7.11 Å². The fourth-order valence-corrected chi connectivity index (χ4v) is 1.71. The SMILES string of the molecule is C=CCC(Cc1c(F)c(F)c(F)c(F)c1F)C(=O)OC. The van der Waals surface area contributed by atoms with Crippen molar-refractivity contribution in [2.75, 3.05) is 7.11 Å². The minimum Gasteiger partial charge on any atom is -0.469 e. The first-order valence-electron chi connectivity index (χ1n) is 5.54. The van der Waals surface area contributed by atoms with Gasteiger partial charge in [-0.25, -0.2) is 22.0 Å². The summed E-state index contributed by atoms with van der Waals surface area (Å²) in [6.07, 6.45) is 0.588. The number of benzene rings is 1. The lowest BCUT2D eigenvalue weighted by atomic mass is 9.95. The van der Waals surface area contributed by atoms with Gasteiger partial charge in [0, 0.05) is 5.56 Å². The summed E-state index contributed by atoms with van der Waals surface area (Å²) in [5.74, 6) is -12.1. The summed E-state index contributed by atoms with van der Waals surface area (Å²) in [6.45, 7) is 3.35. The van der Waals surface area contributed by atoms with Gasteiger partial charge in [-0.15, -0.1) is 6.58 Å². The second-order valence-electron chi connectivity index (χ2n) is 4.00. The van der Waals surface area contributed by atoms with E-state index in [0.29, 0.717) is 0 Å². The zero-order valence-corrected chi connectivity index (χ0v) is 10.5. The molecule has 0 saturated carbocycles. The van der Waals surface area contributed by atoms with Crippen LogP contribution in [-0.2, 0) is 16.0 Å². The lowest BCUT2D eigenvalue weighted by Crippen LogP contribution is -2.20. The van der Waals surface area contributed by atoms with Crippen LogP contribution in [0.15, 0.2) is 12.7 Å². The molecule has 0 radical (unpaired) electrons. The molecule has 0 fully saturated rings. The molecule has 1 rings (SSSR count). The maximum Gasteiger partial charge on any atom is 0.309 e. The number of rotatable bonds is 5. The first kappa shape index (κ1) is 16.1. The van der Waals surface area contributed by atoms with Crippen molar-refractivity contribution >= 4 is 5.97 Å². The van der Waals surface area contributed by atoms with E-state index < -0.39 is 53.0 Å². The van der Waals surface area contributed by atoms with Crippen LogP contribution in [0.4, 0.5) is 22.0 Å². The number of methoxy groups -OCH3 is 1. The first-order chi connectivity index (χ1) is 9.34. The number of hydrogen-bond acceptors (Lipinski definition) is 2. The van der Waals surface area contributed by atoms with E-state index in [-0.39, 0.29) is 6.42 Å². The zero-order valence-electron chi connectivity index (χ0n) is 10.5. The van der Waals surface area contributed by atoms with Gasteiger partial charge in [-0.05, 0) is 12.8 Å². The van der Waals surface area contributed by atoms with Gasteiger partial charge in [-0.1, -0.05) is 6.08 Å². The molecular formula is C13H11F5O2. The van der Waals surface area contributed by atoms with Crippen LogP contribution in [0.5, 0.6) is 0 Å². The van der Waals surface area contributed by atoms with Gasteiger partial charge in [0.25, 0.3) is 0 Å². The van der Waals surface area contributed by atoms with Crippen molar-refractivity contribution in [3.05, 3.63) is 47.3 Å². The van der Waals surface area contributed by atoms with Gasteiger partial charge in [0.15, 0.2) is 23.3 Å². The second-order valence-corrected chi connectivity index (χ2v) is 4.00. The molecule has 1 unspecified atom stereocenters. The summed E-state index contributed by atoms with van der Waals surface area (Å²) in [6, 6.07) is 0. The maximum atomic E-state index is 13.5. The Morgan fingerprint density at radius 1 is 1.10 bits per heavy atom. The molecule has 0 bridgehead atoms. The van der Waals surface area contributed by atoms with E-state index in [1.165, 1.54) is 6.08 Å². The third kappa shape index (κ3) is 2.97. The summed E-state index contributed by atoms with van der Waals surface area (Å²) < 4.78 is 70.3. The van der Waals surface area contributed by atoms with E-state index in [1.54, 1.807) is 0 Å². The predicted octanol–water partition coefficient (Wildman–Crippen LogP) is 3.29. The van der Waals surface area contributed by atoms with E-state index in [9.17, 15) is 26.7 Å². The molecule has 0 amide bonds. The monoisotopic (exact) mass is 294 g/mol. The van der Waals surface area contributed by atoms with Crippen molar-refractivity contribution in [1.82, 2.24) is 0 Å². The highest BCUT2D eigenvalue weighted by molar-refractivity contribution is 5.72. The van der Waals surface area contributed by atoms with Crippen LogP contribution < -0.4 is 0 Å². The Morgan fingerprint density at radius 2 is 1.55 bits per heavy atom. The second kappa shape index (κ2) is 6.49. The van der Waals surface area contributed by atoms with Gasteiger partial charge in [0.1, 0.15) is 0 Å². The Hall–Kier alpha value is -1.92. The molecule has 0 spiro atoms.